The van der Waals surface area contributed by atoms with Crippen LogP contribution in [-0.2, 0) is 13.1 Å². The van der Waals surface area contributed by atoms with Crippen LogP contribution in [0, 0.1) is 0 Å². The van der Waals surface area contributed by atoms with Crippen molar-refractivity contribution < 1.29 is 0 Å². The Balaban J connectivity index is 1.85. The minimum atomic E-state index is 0.773. The van der Waals surface area contributed by atoms with Gasteiger partial charge < -0.3 is 9.88 Å². The number of aromatic nitrogens is 2. The smallest absolute Gasteiger partial charge is 0.204 e. The summed E-state index contributed by atoms with van der Waals surface area (Å²) < 4.78 is 3.39. The summed E-state index contributed by atoms with van der Waals surface area (Å²) in [4.78, 5) is 4.74. The molecular weight excluding hydrogens is 338 g/mol. The van der Waals surface area contributed by atoms with Crippen LogP contribution in [0.3, 0.4) is 0 Å². The van der Waals surface area contributed by atoms with Gasteiger partial charge in [-0.3, -0.25) is 0 Å². The lowest BCUT2D eigenvalue weighted by Crippen LogP contribution is -2.08. The van der Waals surface area contributed by atoms with Crippen molar-refractivity contribution in [2.24, 2.45) is 0 Å². The highest BCUT2D eigenvalue weighted by Crippen LogP contribution is 2.21. The second-order valence-corrected chi connectivity index (χ2v) is 6.33. The van der Waals surface area contributed by atoms with E-state index in [4.69, 9.17) is 4.98 Å². The molecule has 1 N–H and O–H groups in total. The third-order valence-corrected chi connectivity index (χ3v) is 4.22. The fourth-order valence-corrected chi connectivity index (χ4v) is 3.03. The van der Waals surface area contributed by atoms with Crippen molar-refractivity contribution in [1.82, 2.24) is 9.55 Å². The minimum absolute atomic E-state index is 0.773. The van der Waals surface area contributed by atoms with Crippen LogP contribution in [0.4, 0.5) is 5.95 Å². The zero-order valence-electron chi connectivity index (χ0n) is 12.7. The topological polar surface area (TPSA) is 29.9 Å². The predicted molar refractivity (Wildman–Crippen MR) is 96.1 cm³/mol. The lowest BCUT2D eigenvalue weighted by atomic mass is 10.2. The van der Waals surface area contributed by atoms with E-state index < -0.39 is 0 Å². The summed E-state index contributed by atoms with van der Waals surface area (Å²) in [5.41, 5.74) is 3.49. The van der Waals surface area contributed by atoms with E-state index in [1.54, 1.807) is 0 Å². The number of para-hydroxylation sites is 2. The van der Waals surface area contributed by atoms with Crippen LogP contribution in [0.1, 0.15) is 25.3 Å². The molecule has 0 bridgehead atoms. The summed E-state index contributed by atoms with van der Waals surface area (Å²) in [5.74, 6) is 0.953. The number of unbranched alkanes of at least 4 members (excludes halogenated alkanes) is 1. The van der Waals surface area contributed by atoms with Crippen molar-refractivity contribution in [3.05, 3.63) is 58.6 Å². The summed E-state index contributed by atoms with van der Waals surface area (Å²) in [5, 5.41) is 3.49. The van der Waals surface area contributed by atoms with E-state index in [1.807, 2.05) is 12.1 Å². The molecule has 0 aliphatic rings. The molecule has 4 heteroatoms. The molecule has 22 heavy (non-hydrogen) atoms. The molecule has 0 aliphatic heterocycles. The molecule has 0 spiro atoms. The number of benzene rings is 2. The average Bonchev–Trinajstić information content (AvgIpc) is 2.88. The van der Waals surface area contributed by atoms with Gasteiger partial charge in [0.25, 0.3) is 0 Å². The summed E-state index contributed by atoms with van der Waals surface area (Å²) in [6.07, 6.45) is 2.34. The first-order valence-electron chi connectivity index (χ1n) is 7.71. The van der Waals surface area contributed by atoms with Gasteiger partial charge in [-0.2, -0.15) is 0 Å². The molecule has 0 aliphatic carbocycles. The summed E-state index contributed by atoms with van der Waals surface area (Å²) >= 11 is 3.52. The highest BCUT2D eigenvalue weighted by atomic mass is 79.9. The molecule has 0 radical (unpaired) electrons. The van der Waals surface area contributed by atoms with Crippen LogP contribution in [0.25, 0.3) is 11.0 Å². The van der Waals surface area contributed by atoms with E-state index in [0.29, 0.717) is 0 Å². The molecule has 0 saturated carbocycles. The van der Waals surface area contributed by atoms with Gasteiger partial charge in [0.15, 0.2) is 0 Å². The van der Waals surface area contributed by atoms with Crippen molar-refractivity contribution in [3.8, 4) is 0 Å². The first-order valence-corrected chi connectivity index (χ1v) is 8.51. The Morgan fingerprint density at radius 2 is 2.00 bits per heavy atom. The molecule has 0 atom stereocenters. The van der Waals surface area contributed by atoms with Crippen molar-refractivity contribution >= 4 is 32.9 Å². The number of anilines is 1. The molecule has 0 unspecified atom stereocenters. The Kier molecular flexibility index (Phi) is 4.78. The number of hydrogen-bond acceptors (Lipinski definition) is 2. The summed E-state index contributed by atoms with van der Waals surface area (Å²) in [6, 6.07) is 16.7. The third kappa shape index (κ3) is 3.33. The summed E-state index contributed by atoms with van der Waals surface area (Å²) in [7, 11) is 0. The molecule has 3 rings (SSSR count). The van der Waals surface area contributed by atoms with E-state index in [2.05, 4.69) is 69.1 Å². The zero-order valence-corrected chi connectivity index (χ0v) is 14.3. The largest absolute Gasteiger partial charge is 0.352 e. The normalized spacial score (nSPS) is 11.0. The van der Waals surface area contributed by atoms with E-state index in [9.17, 15) is 0 Å². The molecule has 3 nitrogen and oxygen atoms in total. The second-order valence-electron chi connectivity index (χ2n) is 5.41. The molecule has 1 heterocycles. The van der Waals surface area contributed by atoms with Gasteiger partial charge in [-0.05, 0) is 36.2 Å². The third-order valence-electron chi connectivity index (χ3n) is 3.73. The first kappa shape index (κ1) is 15.1. The maximum absolute atomic E-state index is 4.74. The quantitative estimate of drug-likeness (QED) is 0.655. The Morgan fingerprint density at radius 1 is 1.14 bits per heavy atom. The lowest BCUT2D eigenvalue weighted by molar-refractivity contribution is 0.649. The standard InChI is InChI=1S/C18H20BrN3/c1-2-3-11-22-17-10-5-4-9-16(17)21-18(22)20-13-14-7-6-8-15(19)12-14/h4-10,12H,2-3,11,13H2,1H3,(H,20,21). The lowest BCUT2D eigenvalue weighted by Gasteiger charge is -2.10. The van der Waals surface area contributed by atoms with Gasteiger partial charge in [0.1, 0.15) is 0 Å². The molecule has 0 saturated heterocycles. The van der Waals surface area contributed by atoms with Gasteiger partial charge in [-0.15, -0.1) is 0 Å². The number of halogens is 1. The van der Waals surface area contributed by atoms with Gasteiger partial charge in [0, 0.05) is 17.6 Å². The number of nitrogens with one attached hydrogen (secondary N) is 1. The van der Waals surface area contributed by atoms with E-state index >= 15 is 0 Å². The van der Waals surface area contributed by atoms with Crippen molar-refractivity contribution in [3.63, 3.8) is 0 Å². The summed E-state index contributed by atoms with van der Waals surface area (Å²) in [6.45, 7) is 3.99. The van der Waals surface area contributed by atoms with Crippen LogP contribution in [-0.4, -0.2) is 9.55 Å². The molecule has 0 amide bonds. The van der Waals surface area contributed by atoms with Gasteiger partial charge in [-0.1, -0.05) is 53.5 Å². The molecule has 2 aromatic carbocycles. The number of imidazole rings is 1. The highest BCUT2D eigenvalue weighted by molar-refractivity contribution is 9.10. The Bertz CT molecular complexity index is 764. The maximum atomic E-state index is 4.74. The predicted octanol–water partition coefficient (Wildman–Crippen LogP) is 5.21. The van der Waals surface area contributed by atoms with Crippen LogP contribution in [0.2, 0.25) is 0 Å². The molecular formula is C18H20BrN3. The number of rotatable bonds is 6. The Hall–Kier alpha value is -1.81. The van der Waals surface area contributed by atoms with Crippen LogP contribution < -0.4 is 5.32 Å². The number of hydrogen-bond donors (Lipinski definition) is 1. The Labute approximate surface area is 139 Å². The molecule has 0 fully saturated rings. The Morgan fingerprint density at radius 3 is 2.82 bits per heavy atom. The van der Waals surface area contributed by atoms with Crippen LogP contribution >= 0.6 is 15.9 Å². The minimum Gasteiger partial charge on any atom is -0.352 e. The van der Waals surface area contributed by atoms with Crippen LogP contribution in [0.5, 0.6) is 0 Å². The van der Waals surface area contributed by atoms with Gasteiger partial charge in [-0.25, -0.2) is 4.98 Å². The molecule has 3 aromatic rings. The number of aryl methyl sites for hydroxylation is 1. The molecule has 1 aromatic heterocycles. The fourth-order valence-electron chi connectivity index (χ4n) is 2.58. The number of nitrogens with zero attached hydrogens (tertiary/aromatic N) is 2. The van der Waals surface area contributed by atoms with Crippen LogP contribution in [0.15, 0.2) is 53.0 Å². The zero-order chi connectivity index (χ0) is 15.4. The van der Waals surface area contributed by atoms with Gasteiger partial charge in [0.05, 0.1) is 11.0 Å². The van der Waals surface area contributed by atoms with E-state index in [-0.39, 0.29) is 0 Å². The van der Waals surface area contributed by atoms with E-state index in [1.165, 1.54) is 17.5 Å². The highest BCUT2D eigenvalue weighted by Gasteiger charge is 2.09. The fraction of sp³-hybridized carbons (Fsp3) is 0.278. The second kappa shape index (κ2) is 6.97. The van der Waals surface area contributed by atoms with E-state index in [0.717, 1.165) is 35.4 Å². The first-order chi connectivity index (χ1) is 10.8. The SMILES string of the molecule is CCCCn1c(NCc2cccc(Br)c2)nc2ccccc21. The number of fused-ring (bicyclic) bond motifs is 1. The average molecular weight is 358 g/mol. The van der Waals surface area contributed by atoms with Crippen molar-refractivity contribution in [2.45, 2.75) is 32.9 Å². The van der Waals surface area contributed by atoms with Crippen molar-refractivity contribution in [1.29, 1.82) is 0 Å². The molecule has 114 valence electrons. The van der Waals surface area contributed by atoms with Crippen molar-refractivity contribution in [2.75, 3.05) is 5.32 Å². The maximum Gasteiger partial charge on any atom is 0.204 e. The monoisotopic (exact) mass is 357 g/mol. The van der Waals surface area contributed by atoms with Gasteiger partial charge >= 0.3 is 0 Å². The van der Waals surface area contributed by atoms with Gasteiger partial charge in [0.2, 0.25) is 5.95 Å².